The van der Waals surface area contributed by atoms with E-state index in [2.05, 4.69) is 36.8 Å². The highest BCUT2D eigenvalue weighted by molar-refractivity contribution is 9.10. The number of nitrogens with zero attached hydrogens (tertiary/aromatic N) is 1. The lowest BCUT2D eigenvalue weighted by atomic mass is 10.2. The molecule has 0 aliphatic heterocycles. The maximum Gasteiger partial charge on any atom is 0.280 e. The fourth-order valence-electron chi connectivity index (χ4n) is 0.833. The second-order valence-corrected chi connectivity index (χ2v) is 4.01. The highest BCUT2D eigenvalue weighted by atomic mass is 79.9. The van der Waals surface area contributed by atoms with Crippen LogP contribution in [0.4, 0.5) is 8.78 Å². The van der Waals surface area contributed by atoms with Gasteiger partial charge >= 0.3 is 0 Å². The molecule has 1 rings (SSSR count). The number of halogens is 5. The highest BCUT2D eigenvalue weighted by Crippen LogP contribution is 2.33. The maximum atomic E-state index is 12.4. The fraction of sp³-hybridized carbons (Fsp3) is 0.286. The van der Waals surface area contributed by atoms with Gasteiger partial charge in [-0.05, 0) is 15.9 Å². The van der Waals surface area contributed by atoms with Gasteiger partial charge in [0, 0.05) is 17.1 Å². The van der Waals surface area contributed by atoms with Crippen molar-refractivity contribution >= 4 is 43.5 Å². The summed E-state index contributed by atoms with van der Waals surface area (Å²) in [7, 11) is 0. The first-order chi connectivity index (χ1) is 6.07. The number of pyridine rings is 1. The van der Waals surface area contributed by atoms with Gasteiger partial charge in [0.05, 0.1) is 9.50 Å². The third-order valence-electron chi connectivity index (χ3n) is 1.44. The fourth-order valence-corrected chi connectivity index (χ4v) is 2.12. The van der Waals surface area contributed by atoms with E-state index in [9.17, 15) is 8.78 Å². The minimum Gasteiger partial charge on any atom is -0.254 e. The Hall–Kier alpha value is 0.260. The molecule has 0 bridgehead atoms. The minimum absolute atomic E-state index is 0.262. The quantitative estimate of drug-likeness (QED) is 0.733. The summed E-state index contributed by atoms with van der Waals surface area (Å²) in [4.78, 5) is 3.60. The Morgan fingerprint density at radius 3 is 2.62 bits per heavy atom. The largest absolute Gasteiger partial charge is 0.280 e. The standard InChI is InChI=1S/C7H4Br2ClF2N/c8-1-3-5(10)4(9)2-13-6(3)7(11)12/h2,7H,1H2. The lowest BCUT2D eigenvalue weighted by molar-refractivity contribution is 0.145. The number of hydrogen-bond donors (Lipinski definition) is 0. The van der Waals surface area contributed by atoms with Crippen LogP contribution in [0.25, 0.3) is 0 Å². The molecular weight excluding hydrogens is 331 g/mol. The zero-order valence-corrected chi connectivity index (χ0v) is 10.1. The minimum atomic E-state index is -2.60. The van der Waals surface area contributed by atoms with Crippen molar-refractivity contribution in [1.29, 1.82) is 0 Å². The van der Waals surface area contributed by atoms with Crippen molar-refractivity contribution in [2.75, 3.05) is 0 Å². The molecule has 13 heavy (non-hydrogen) atoms. The van der Waals surface area contributed by atoms with Gasteiger partial charge in [-0.2, -0.15) is 0 Å². The zero-order chi connectivity index (χ0) is 10.0. The second-order valence-electron chi connectivity index (χ2n) is 2.22. The lowest BCUT2D eigenvalue weighted by Crippen LogP contribution is -1.97. The molecule has 6 heteroatoms. The predicted octanol–water partition coefficient (Wildman–Crippen LogP) is 4.33. The topological polar surface area (TPSA) is 12.9 Å². The van der Waals surface area contributed by atoms with Crippen LogP contribution in [0.1, 0.15) is 17.7 Å². The molecule has 0 aliphatic rings. The third-order valence-corrected chi connectivity index (χ3v) is 3.26. The number of rotatable bonds is 2. The van der Waals surface area contributed by atoms with E-state index >= 15 is 0 Å². The molecule has 1 aromatic rings. The Balaban J connectivity index is 3.30. The van der Waals surface area contributed by atoms with Crippen LogP contribution in [-0.4, -0.2) is 4.98 Å². The molecule has 0 N–H and O–H groups in total. The average molecular weight is 335 g/mol. The van der Waals surface area contributed by atoms with Gasteiger partial charge in [-0.3, -0.25) is 4.98 Å². The number of alkyl halides is 3. The second kappa shape index (κ2) is 4.66. The summed E-state index contributed by atoms with van der Waals surface area (Å²) in [6.07, 6.45) is -1.33. The van der Waals surface area contributed by atoms with Gasteiger partial charge in [0.2, 0.25) is 0 Å². The smallest absolute Gasteiger partial charge is 0.254 e. The summed E-state index contributed by atoms with van der Waals surface area (Å²) in [6, 6.07) is 0. The monoisotopic (exact) mass is 333 g/mol. The molecule has 1 aromatic heterocycles. The molecule has 0 aliphatic carbocycles. The van der Waals surface area contributed by atoms with Gasteiger partial charge in [-0.1, -0.05) is 27.5 Å². The summed E-state index contributed by atoms with van der Waals surface area (Å²) < 4.78 is 25.3. The van der Waals surface area contributed by atoms with Crippen LogP contribution in [0.3, 0.4) is 0 Å². The SMILES string of the molecule is FC(F)c1ncc(Br)c(Cl)c1CBr. The molecule has 0 radical (unpaired) electrons. The summed E-state index contributed by atoms with van der Waals surface area (Å²) >= 11 is 12.0. The van der Waals surface area contributed by atoms with Gasteiger partial charge in [-0.25, -0.2) is 8.78 Å². The van der Waals surface area contributed by atoms with E-state index in [1.165, 1.54) is 6.20 Å². The molecule has 0 fully saturated rings. The van der Waals surface area contributed by atoms with Gasteiger partial charge in [0.25, 0.3) is 6.43 Å². The summed E-state index contributed by atoms with van der Waals surface area (Å²) in [5, 5.41) is 0.542. The van der Waals surface area contributed by atoms with Gasteiger partial charge in [-0.15, -0.1) is 0 Å². The van der Waals surface area contributed by atoms with E-state index in [-0.39, 0.29) is 16.0 Å². The van der Waals surface area contributed by atoms with E-state index < -0.39 is 6.43 Å². The Bertz CT molecular complexity index is 320. The Morgan fingerprint density at radius 1 is 1.54 bits per heavy atom. The Labute approximate surface area is 95.8 Å². The lowest BCUT2D eigenvalue weighted by Gasteiger charge is -2.08. The summed E-state index contributed by atoms with van der Waals surface area (Å²) in [5.41, 5.74) is 0.0520. The van der Waals surface area contributed by atoms with Crippen LogP contribution < -0.4 is 0 Å². The van der Waals surface area contributed by atoms with E-state index in [1.807, 2.05) is 0 Å². The molecule has 0 spiro atoms. The Kier molecular flexibility index (Phi) is 4.06. The van der Waals surface area contributed by atoms with Crippen LogP contribution in [0, 0.1) is 0 Å². The van der Waals surface area contributed by atoms with Crippen LogP contribution in [0.5, 0.6) is 0 Å². The summed E-state index contributed by atoms with van der Waals surface area (Å²) in [5.74, 6) is 0. The van der Waals surface area contributed by atoms with Crippen LogP contribution in [-0.2, 0) is 5.33 Å². The number of hydrogen-bond acceptors (Lipinski definition) is 1. The van der Waals surface area contributed by atoms with Gasteiger partial charge in [0.1, 0.15) is 5.69 Å². The molecule has 0 saturated heterocycles. The van der Waals surface area contributed by atoms with E-state index in [4.69, 9.17) is 11.6 Å². The van der Waals surface area contributed by atoms with E-state index in [1.54, 1.807) is 0 Å². The normalized spacial score (nSPS) is 10.9. The molecule has 72 valence electrons. The van der Waals surface area contributed by atoms with E-state index in [0.717, 1.165) is 0 Å². The zero-order valence-electron chi connectivity index (χ0n) is 6.20. The van der Waals surface area contributed by atoms with Crippen molar-refractivity contribution in [1.82, 2.24) is 4.98 Å². The first kappa shape index (κ1) is 11.3. The van der Waals surface area contributed by atoms with Crippen LogP contribution in [0.15, 0.2) is 10.7 Å². The predicted molar refractivity (Wildman–Crippen MR) is 54.5 cm³/mol. The molecular formula is C7H4Br2ClF2N. The maximum absolute atomic E-state index is 12.4. The molecule has 0 aromatic carbocycles. The molecule has 0 amide bonds. The first-order valence-corrected chi connectivity index (χ1v) is 5.54. The van der Waals surface area contributed by atoms with Crippen molar-refractivity contribution in [3.8, 4) is 0 Å². The van der Waals surface area contributed by atoms with Gasteiger partial charge in [0.15, 0.2) is 0 Å². The Morgan fingerprint density at radius 2 is 2.15 bits per heavy atom. The van der Waals surface area contributed by atoms with Crippen molar-refractivity contribution in [2.24, 2.45) is 0 Å². The van der Waals surface area contributed by atoms with Crippen molar-refractivity contribution in [3.63, 3.8) is 0 Å². The molecule has 1 heterocycles. The molecule has 1 nitrogen and oxygen atoms in total. The molecule has 0 unspecified atom stereocenters. The van der Waals surface area contributed by atoms with Crippen molar-refractivity contribution < 1.29 is 8.78 Å². The molecule has 0 atom stereocenters. The van der Waals surface area contributed by atoms with E-state index in [0.29, 0.717) is 10.0 Å². The van der Waals surface area contributed by atoms with Crippen molar-refractivity contribution in [2.45, 2.75) is 11.8 Å². The summed E-state index contributed by atoms with van der Waals surface area (Å²) in [6.45, 7) is 0. The highest BCUT2D eigenvalue weighted by Gasteiger charge is 2.18. The third kappa shape index (κ3) is 2.39. The first-order valence-electron chi connectivity index (χ1n) is 3.24. The number of aromatic nitrogens is 1. The van der Waals surface area contributed by atoms with Gasteiger partial charge < -0.3 is 0 Å². The van der Waals surface area contributed by atoms with Crippen LogP contribution in [0.2, 0.25) is 5.02 Å². The average Bonchev–Trinajstić information content (AvgIpc) is 2.09. The van der Waals surface area contributed by atoms with Crippen LogP contribution >= 0.6 is 43.5 Å². The molecule has 0 saturated carbocycles. The van der Waals surface area contributed by atoms with Crippen molar-refractivity contribution in [3.05, 3.63) is 26.9 Å².